The molecule has 3 heterocycles. The van der Waals surface area contributed by atoms with E-state index in [4.69, 9.17) is 16.3 Å². The number of hydrogen-bond donors (Lipinski definition) is 0. The van der Waals surface area contributed by atoms with Gasteiger partial charge in [-0.05, 0) is 97.3 Å². The number of anilines is 4. The van der Waals surface area contributed by atoms with Crippen LogP contribution in [0.1, 0.15) is 105 Å². The van der Waals surface area contributed by atoms with E-state index >= 15 is 0 Å². The fraction of sp³-hybridized carbons (Fsp3) is 0.271. The molecule has 0 aliphatic carbocycles. The van der Waals surface area contributed by atoms with Crippen molar-refractivity contribution in [3.8, 4) is 28.4 Å². The summed E-state index contributed by atoms with van der Waals surface area (Å²) in [5, 5.41) is 2.18. The quantitative estimate of drug-likeness (QED) is 0.156. The van der Waals surface area contributed by atoms with E-state index in [2.05, 4.69) is 218 Å². The predicted octanol–water partition coefficient (Wildman–Crippen LogP) is 16.4. The Labute approximate surface area is 406 Å². The van der Waals surface area contributed by atoms with Gasteiger partial charge in [0, 0.05) is 61.3 Å². The third-order valence-electron chi connectivity index (χ3n) is 12.5. The summed E-state index contributed by atoms with van der Waals surface area (Å²) < 4.78 is 9.13. The second kappa shape index (κ2) is 16.9. The van der Waals surface area contributed by atoms with Gasteiger partial charge < -0.3 is 19.1 Å². The first-order valence-corrected chi connectivity index (χ1v) is 22.6. The Balaban J connectivity index is 0.00000592. The molecule has 0 amide bonds. The van der Waals surface area contributed by atoms with E-state index in [1.807, 2.05) is 30.5 Å². The summed E-state index contributed by atoms with van der Waals surface area (Å²) in [6.45, 7) is 37.1. The molecule has 66 heavy (non-hydrogen) atoms. The van der Waals surface area contributed by atoms with Crippen LogP contribution in [0.25, 0.3) is 43.6 Å². The molecule has 0 atom stereocenters. The van der Waals surface area contributed by atoms with Gasteiger partial charge in [0.15, 0.2) is 5.69 Å². The van der Waals surface area contributed by atoms with E-state index in [0.29, 0.717) is 17.2 Å². The van der Waals surface area contributed by atoms with Crippen molar-refractivity contribution in [1.29, 1.82) is 0 Å². The standard InChI is InChI=1S/C59H58N5O.Pt/c1-56(2,3)39-26-27-61-55(33-39)64-51-19-15-14-18-47(51)48-24-23-45(36-54(48)64)65-46-29-38(49-34-42(60-13)22-25-50(49)59(10,11)12)28-43(35-46)62-37-63(53-21-17-16-20-52(53)62)44-31-40(57(4,5)6)30-41(32-44)58(7,8)9;/h14-34,37H,1-12H3;/q-3;. The zero-order chi connectivity index (χ0) is 46.2. The van der Waals surface area contributed by atoms with Crippen LogP contribution >= 0.6 is 0 Å². The number of fused-ring (bicyclic) bond motifs is 4. The molecule has 6 aromatic carbocycles. The van der Waals surface area contributed by atoms with Crippen LogP contribution in [0, 0.1) is 25.4 Å². The first-order chi connectivity index (χ1) is 30.7. The normalized spacial score (nSPS) is 13.2. The van der Waals surface area contributed by atoms with Gasteiger partial charge in [0.25, 0.3) is 0 Å². The Kier molecular flexibility index (Phi) is 11.9. The van der Waals surface area contributed by atoms with Crippen molar-refractivity contribution in [2.45, 2.75) is 105 Å². The van der Waals surface area contributed by atoms with Gasteiger partial charge in [-0.1, -0.05) is 143 Å². The minimum absolute atomic E-state index is 0. The van der Waals surface area contributed by atoms with E-state index in [1.165, 1.54) is 16.7 Å². The van der Waals surface area contributed by atoms with Gasteiger partial charge in [-0.3, -0.25) is 0 Å². The second-order valence-corrected chi connectivity index (χ2v) is 21.5. The van der Waals surface area contributed by atoms with Gasteiger partial charge in [-0.25, -0.2) is 9.83 Å². The molecule has 338 valence electrons. The van der Waals surface area contributed by atoms with E-state index in [1.54, 1.807) is 0 Å². The molecule has 1 aliphatic heterocycles. The van der Waals surface area contributed by atoms with Crippen molar-refractivity contribution in [3.63, 3.8) is 0 Å². The minimum Gasteiger partial charge on any atom is -0.509 e. The molecule has 0 saturated carbocycles. The summed E-state index contributed by atoms with van der Waals surface area (Å²) in [6, 6.07) is 50.0. The molecule has 2 aromatic heterocycles. The molecular formula is C59H58N5OPt-3. The summed E-state index contributed by atoms with van der Waals surface area (Å²) in [5.41, 5.74) is 13.0. The molecule has 1 aliphatic rings. The molecule has 0 N–H and O–H groups in total. The minimum atomic E-state index is -0.201. The average molecular weight is 1050 g/mol. The SMILES string of the molecule is [C-]#[N+]c1ccc(C(C)(C)C)c(-c2cc(Oc3[c-]c4c(cc3)c3ccccc3n4-c3cc(C(C)(C)C)ccn3)[c-]c(N3[CH-]N(c4cc(C(C)(C)C)cc(C(C)(C)C)c4)c4ccccc43)c2)c1.[Pt]. The van der Waals surface area contributed by atoms with Crippen LogP contribution in [0.5, 0.6) is 11.5 Å². The monoisotopic (exact) mass is 1050 g/mol. The molecule has 0 unspecified atom stereocenters. The van der Waals surface area contributed by atoms with Crippen LogP contribution in [-0.4, -0.2) is 9.55 Å². The van der Waals surface area contributed by atoms with Gasteiger partial charge in [0.1, 0.15) is 5.82 Å². The van der Waals surface area contributed by atoms with Crippen LogP contribution in [0.2, 0.25) is 0 Å². The maximum Gasteiger partial charge on any atom is 0.187 e. The number of pyridine rings is 1. The molecule has 6 nitrogen and oxygen atoms in total. The van der Waals surface area contributed by atoms with Crippen LogP contribution in [0.4, 0.5) is 28.4 Å². The average Bonchev–Trinajstić information content (AvgIpc) is 3.81. The van der Waals surface area contributed by atoms with Gasteiger partial charge in [0.2, 0.25) is 0 Å². The summed E-state index contributed by atoms with van der Waals surface area (Å²) in [7, 11) is 0. The van der Waals surface area contributed by atoms with Gasteiger partial charge in [-0.2, -0.15) is 6.07 Å². The predicted molar refractivity (Wildman–Crippen MR) is 271 cm³/mol. The summed E-state index contributed by atoms with van der Waals surface area (Å²) in [4.78, 5) is 13.3. The van der Waals surface area contributed by atoms with Crippen LogP contribution in [-0.2, 0) is 42.7 Å². The van der Waals surface area contributed by atoms with Crippen LogP contribution in [0.3, 0.4) is 0 Å². The topological polar surface area (TPSA) is 37.9 Å². The number of benzene rings is 6. The van der Waals surface area contributed by atoms with Crippen molar-refractivity contribution >= 4 is 50.2 Å². The Bertz CT molecular complexity index is 3150. The van der Waals surface area contributed by atoms with E-state index < -0.39 is 0 Å². The number of aromatic nitrogens is 2. The van der Waals surface area contributed by atoms with E-state index in [0.717, 1.165) is 67.1 Å². The molecule has 0 bridgehead atoms. The molecule has 0 radical (unpaired) electrons. The Morgan fingerprint density at radius 2 is 1.24 bits per heavy atom. The first kappa shape index (κ1) is 46.4. The van der Waals surface area contributed by atoms with Gasteiger partial charge in [0.05, 0.1) is 6.57 Å². The zero-order valence-corrected chi connectivity index (χ0v) is 42.4. The number of rotatable bonds is 6. The molecule has 9 rings (SSSR count). The van der Waals surface area contributed by atoms with Gasteiger partial charge in [-0.15, -0.1) is 53.6 Å². The van der Waals surface area contributed by atoms with E-state index in [-0.39, 0.29) is 42.7 Å². The van der Waals surface area contributed by atoms with Crippen molar-refractivity contribution in [3.05, 3.63) is 180 Å². The Morgan fingerprint density at radius 3 is 1.89 bits per heavy atom. The van der Waals surface area contributed by atoms with Gasteiger partial charge >= 0.3 is 0 Å². The van der Waals surface area contributed by atoms with Crippen LogP contribution < -0.4 is 14.5 Å². The molecular weight excluding hydrogens is 990 g/mol. The number of ether oxygens (including phenoxy) is 1. The van der Waals surface area contributed by atoms with Crippen molar-refractivity contribution < 1.29 is 25.8 Å². The fourth-order valence-electron chi connectivity index (χ4n) is 8.79. The first-order valence-electron chi connectivity index (χ1n) is 22.6. The third-order valence-corrected chi connectivity index (χ3v) is 12.5. The van der Waals surface area contributed by atoms with E-state index in [9.17, 15) is 0 Å². The second-order valence-electron chi connectivity index (χ2n) is 21.5. The number of hydrogen-bond acceptors (Lipinski definition) is 4. The Hall–Kier alpha value is -6.15. The van der Waals surface area contributed by atoms with Crippen molar-refractivity contribution in [2.75, 3.05) is 9.80 Å². The zero-order valence-electron chi connectivity index (χ0n) is 40.2. The Morgan fingerprint density at radius 1 is 0.591 bits per heavy atom. The van der Waals surface area contributed by atoms with Crippen molar-refractivity contribution in [2.24, 2.45) is 0 Å². The number of para-hydroxylation sites is 3. The molecule has 0 fully saturated rings. The molecule has 7 heteroatoms. The molecule has 0 saturated heterocycles. The smallest absolute Gasteiger partial charge is 0.187 e. The molecule has 8 aromatic rings. The van der Waals surface area contributed by atoms with Crippen molar-refractivity contribution in [1.82, 2.24) is 9.55 Å². The molecule has 0 spiro atoms. The largest absolute Gasteiger partial charge is 0.509 e. The van der Waals surface area contributed by atoms with Crippen LogP contribution in [0.15, 0.2) is 128 Å². The maximum absolute atomic E-state index is 7.98. The number of nitrogens with zero attached hydrogens (tertiary/aromatic N) is 5. The summed E-state index contributed by atoms with van der Waals surface area (Å²) >= 11 is 0. The summed E-state index contributed by atoms with van der Waals surface area (Å²) in [5.74, 6) is 1.92. The summed E-state index contributed by atoms with van der Waals surface area (Å²) in [6.07, 6.45) is 1.90. The third kappa shape index (κ3) is 8.79. The fourth-order valence-corrected chi connectivity index (χ4v) is 8.79. The maximum atomic E-state index is 7.98.